The first-order chi connectivity index (χ1) is 10.0. The third-order valence-electron chi connectivity index (χ3n) is 2.92. The Kier molecular flexibility index (Phi) is 4.74. The Morgan fingerprint density at radius 2 is 2.29 bits per heavy atom. The molecular weight excluding hydrogens is 293 g/mol. The van der Waals surface area contributed by atoms with Gasteiger partial charge in [-0.2, -0.15) is 0 Å². The van der Waals surface area contributed by atoms with Gasteiger partial charge in [-0.3, -0.25) is 0 Å². The van der Waals surface area contributed by atoms with Gasteiger partial charge in [0.2, 0.25) is 0 Å². The van der Waals surface area contributed by atoms with Crippen LogP contribution in [0.15, 0.2) is 17.6 Å². The summed E-state index contributed by atoms with van der Waals surface area (Å²) in [5.74, 6) is -1.07. The number of hydrogen-bond donors (Lipinski definition) is 2. The molecule has 2 aromatic rings. The van der Waals surface area contributed by atoms with Gasteiger partial charge in [0.1, 0.15) is 5.82 Å². The van der Waals surface area contributed by atoms with E-state index in [2.05, 4.69) is 10.3 Å². The van der Waals surface area contributed by atoms with Crippen molar-refractivity contribution in [1.82, 2.24) is 4.98 Å². The van der Waals surface area contributed by atoms with E-state index in [1.165, 1.54) is 17.4 Å². The molecule has 3 N–H and O–H groups in total. The molecular formula is C14H16FN3O2S. The lowest BCUT2D eigenvalue weighted by Crippen LogP contribution is -2.10. The molecule has 0 amide bonds. The fourth-order valence-corrected chi connectivity index (χ4v) is 2.50. The van der Waals surface area contributed by atoms with E-state index in [1.807, 2.05) is 6.92 Å². The van der Waals surface area contributed by atoms with Gasteiger partial charge in [0, 0.05) is 10.6 Å². The number of nitrogens with zero attached hydrogens (tertiary/aromatic N) is 1. The molecule has 0 aliphatic rings. The minimum Gasteiger partial charge on any atom is -0.462 e. The summed E-state index contributed by atoms with van der Waals surface area (Å²) < 4.78 is 18.8. The predicted molar refractivity (Wildman–Crippen MR) is 80.9 cm³/mol. The quantitative estimate of drug-likeness (QED) is 0.656. The standard InChI is InChI=1S/C14H16FN3O2S/c1-3-20-14(19)9-4-12(10(15)5-11(9)16)17-6-13-8(2)18-7-21-13/h4-5,7,17H,3,6,16H2,1-2H3. The van der Waals surface area contributed by atoms with Crippen LogP contribution in [0.2, 0.25) is 0 Å². The van der Waals surface area contributed by atoms with Crippen molar-refractivity contribution in [1.29, 1.82) is 0 Å². The van der Waals surface area contributed by atoms with Crippen molar-refractivity contribution in [3.63, 3.8) is 0 Å². The lowest BCUT2D eigenvalue weighted by molar-refractivity contribution is 0.0527. The molecule has 0 saturated heterocycles. The van der Waals surface area contributed by atoms with Crippen LogP contribution in [-0.4, -0.2) is 17.6 Å². The number of rotatable bonds is 5. The van der Waals surface area contributed by atoms with E-state index in [1.54, 1.807) is 12.4 Å². The molecule has 7 heteroatoms. The highest BCUT2D eigenvalue weighted by Gasteiger charge is 2.15. The summed E-state index contributed by atoms with van der Waals surface area (Å²) in [7, 11) is 0. The number of carbonyl (C=O) groups is 1. The summed E-state index contributed by atoms with van der Waals surface area (Å²) in [5, 5.41) is 2.95. The molecule has 0 radical (unpaired) electrons. The number of nitrogens with one attached hydrogen (secondary N) is 1. The maximum absolute atomic E-state index is 13.9. The van der Waals surface area contributed by atoms with E-state index < -0.39 is 11.8 Å². The zero-order valence-electron chi connectivity index (χ0n) is 11.8. The largest absolute Gasteiger partial charge is 0.462 e. The second-order valence-corrected chi connectivity index (χ2v) is 5.29. The molecule has 2 rings (SSSR count). The monoisotopic (exact) mass is 309 g/mol. The highest BCUT2D eigenvalue weighted by Crippen LogP contribution is 2.24. The number of aryl methyl sites for hydroxylation is 1. The summed E-state index contributed by atoms with van der Waals surface area (Å²) in [6, 6.07) is 2.49. The van der Waals surface area contributed by atoms with Gasteiger partial charge in [0.05, 0.1) is 35.6 Å². The predicted octanol–water partition coefficient (Wildman–Crippen LogP) is 2.96. The Balaban J connectivity index is 2.21. The number of nitrogens with two attached hydrogens (primary N) is 1. The number of carbonyl (C=O) groups excluding carboxylic acids is 1. The third kappa shape index (κ3) is 3.49. The Hall–Kier alpha value is -2.15. The van der Waals surface area contributed by atoms with Gasteiger partial charge >= 0.3 is 5.97 Å². The van der Waals surface area contributed by atoms with Gasteiger partial charge in [0.15, 0.2) is 0 Å². The number of ether oxygens (including phenoxy) is 1. The normalized spacial score (nSPS) is 10.4. The summed E-state index contributed by atoms with van der Waals surface area (Å²) in [5.41, 5.74) is 8.71. The van der Waals surface area contributed by atoms with Crippen molar-refractivity contribution in [3.8, 4) is 0 Å². The van der Waals surface area contributed by atoms with E-state index in [-0.39, 0.29) is 23.5 Å². The number of thiazole rings is 1. The van der Waals surface area contributed by atoms with Gasteiger partial charge in [0.25, 0.3) is 0 Å². The molecule has 0 spiro atoms. The highest BCUT2D eigenvalue weighted by molar-refractivity contribution is 7.09. The van der Waals surface area contributed by atoms with Gasteiger partial charge < -0.3 is 15.8 Å². The van der Waals surface area contributed by atoms with E-state index in [0.29, 0.717) is 6.54 Å². The molecule has 112 valence electrons. The van der Waals surface area contributed by atoms with Crippen LogP contribution in [0.5, 0.6) is 0 Å². The van der Waals surface area contributed by atoms with Crippen molar-refractivity contribution < 1.29 is 13.9 Å². The van der Waals surface area contributed by atoms with Crippen LogP contribution in [-0.2, 0) is 11.3 Å². The SMILES string of the molecule is CCOC(=O)c1cc(NCc2scnc2C)c(F)cc1N. The molecule has 0 fully saturated rings. The molecule has 5 nitrogen and oxygen atoms in total. The number of benzene rings is 1. The second-order valence-electron chi connectivity index (χ2n) is 4.35. The van der Waals surface area contributed by atoms with Crippen LogP contribution in [0.4, 0.5) is 15.8 Å². The number of aromatic nitrogens is 1. The number of esters is 1. The highest BCUT2D eigenvalue weighted by atomic mass is 32.1. The third-order valence-corrected chi connectivity index (χ3v) is 3.85. The van der Waals surface area contributed by atoms with Crippen molar-refractivity contribution >= 4 is 28.7 Å². The van der Waals surface area contributed by atoms with Gasteiger partial charge in [-0.05, 0) is 26.0 Å². The average molecular weight is 309 g/mol. The van der Waals surface area contributed by atoms with Gasteiger partial charge in [-0.25, -0.2) is 14.2 Å². The zero-order chi connectivity index (χ0) is 15.4. The fraction of sp³-hybridized carbons (Fsp3) is 0.286. The van der Waals surface area contributed by atoms with Crippen molar-refractivity contribution in [3.05, 3.63) is 39.6 Å². The molecule has 21 heavy (non-hydrogen) atoms. The molecule has 0 aliphatic heterocycles. The van der Waals surface area contributed by atoms with E-state index in [9.17, 15) is 9.18 Å². The van der Waals surface area contributed by atoms with Crippen LogP contribution in [0, 0.1) is 12.7 Å². The number of nitrogen functional groups attached to an aromatic ring is 1. The van der Waals surface area contributed by atoms with Crippen molar-refractivity contribution in [2.45, 2.75) is 20.4 Å². The molecule has 1 heterocycles. The smallest absolute Gasteiger partial charge is 0.340 e. The molecule has 0 unspecified atom stereocenters. The Bertz CT molecular complexity index is 658. The van der Waals surface area contributed by atoms with Crippen LogP contribution in [0.25, 0.3) is 0 Å². The summed E-state index contributed by atoms with van der Waals surface area (Å²) in [4.78, 5) is 16.9. The number of halogens is 1. The van der Waals surface area contributed by atoms with Gasteiger partial charge in [-0.15, -0.1) is 11.3 Å². The Morgan fingerprint density at radius 1 is 1.52 bits per heavy atom. The summed E-state index contributed by atoms with van der Waals surface area (Å²) in [6.07, 6.45) is 0. The number of hydrogen-bond acceptors (Lipinski definition) is 6. The lowest BCUT2D eigenvalue weighted by atomic mass is 10.1. The number of anilines is 2. The molecule has 1 aromatic carbocycles. The molecule has 0 saturated carbocycles. The Labute approximate surface area is 126 Å². The summed E-state index contributed by atoms with van der Waals surface area (Å²) in [6.45, 7) is 4.25. The van der Waals surface area contributed by atoms with Crippen molar-refractivity contribution in [2.24, 2.45) is 0 Å². The maximum Gasteiger partial charge on any atom is 0.340 e. The lowest BCUT2D eigenvalue weighted by Gasteiger charge is -2.11. The van der Waals surface area contributed by atoms with E-state index >= 15 is 0 Å². The van der Waals surface area contributed by atoms with Crippen LogP contribution >= 0.6 is 11.3 Å². The van der Waals surface area contributed by atoms with Crippen LogP contribution in [0.3, 0.4) is 0 Å². The first kappa shape index (κ1) is 15.2. The van der Waals surface area contributed by atoms with E-state index in [0.717, 1.165) is 16.6 Å². The van der Waals surface area contributed by atoms with Crippen molar-refractivity contribution in [2.75, 3.05) is 17.7 Å². The first-order valence-electron chi connectivity index (χ1n) is 6.42. The topological polar surface area (TPSA) is 77.2 Å². The van der Waals surface area contributed by atoms with E-state index in [4.69, 9.17) is 10.5 Å². The molecule has 0 atom stereocenters. The minimum atomic E-state index is -0.563. The average Bonchev–Trinajstić information content (AvgIpc) is 2.83. The fourth-order valence-electron chi connectivity index (χ4n) is 1.78. The van der Waals surface area contributed by atoms with Crippen LogP contribution in [0.1, 0.15) is 27.9 Å². The Morgan fingerprint density at radius 3 is 2.90 bits per heavy atom. The molecule has 0 bridgehead atoms. The molecule has 0 aliphatic carbocycles. The summed E-state index contributed by atoms with van der Waals surface area (Å²) >= 11 is 1.48. The minimum absolute atomic E-state index is 0.0606. The first-order valence-corrected chi connectivity index (χ1v) is 7.29. The zero-order valence-corrected chi connectivity index (χ0v) is 12.6. The van der Waals surface area contributed by atoms with Crippen LogP contribution < -0.4 is 11.1 Å². The molecule has 1 aromatic heterocycles. The maximum atomic E-state index is 13.9. The van der Waals surface area contributed by atoms with Gasteiger partial charge in [-0.1, -0.05) is 0 Å². The second kappa shape index (κ2) is 6.53.